The highest BCUT2D eigenvalue weighted by molar-refractivity contribution is 6.33. The molecule has 1 aromatic heterocycles. The summed E-state index contributed by atoms with van der Waals surface area (Å²) in [7, 11) is 0. The normalized spacial score (nSPS) is 11.9. The van der Waals surface area contributed by atoms with Crippen molar-refractivity contribution in [1.29, 1.82) is 0 Å². The van der Waals surface area contributed by atoms with E-state index < -0.39 is 16.9 Å². The third-order valence-corrected chi connectivity index (χ3v) is 2.26. The topological polar surface area (TPSA) is 12.9 Å². The summed E-state index contributed by atoms with van der Waals surface area (Å²) in [4.78, 5) is 3.57. The molecular weight excluding hydrogens is 238 g/mol. The molecule has 14 heavy (non-hydrogen) atoms. The van der Waals surface area contributed by atoms with Gasteiger partial charge < -0.3 is 0 Å². The maximum atomic E-state index is 12.3. The number of halogens is 5. The number of pyridine rings is 1. The zero-order chi connectivity index (χ0) is 10.9. The van der Waals surface area contributed by atoms with Gasteiger partial charge in [-0.2, -0.15) is 13.2 Å². The molecule has 0 radical (unpaired) electrons. The van der Waals surface area contributed by atoms with Crippen LogP contribution in [0.5, 0.6) is 0 Å². The maximum absolute atomic E-state index is 12.3. The quantitative estimate of drug-likeness (QED) is 0.681. The van der Waals surface area contributed by atoms with Crippen LogP contribution in [0.1, 0.15) is 18.2 Å². The smallest absolute Gasteiger partial charge is 0.239 e. The fraction of sp³-hybridized carbons (Fsp3) is 0.375. The molecule has 0 amide bonds. The Bertz CT molecular complexity index is 349. The molecule has 0 atom stereocenters. The molecule has 0 saturated carbocycles. The first-order chi connectivity index (χ1) is 6.36. The van der Waals surface area contributed by atoms with Crippen molar-refractivity contribution in [1.82, 2.24) is 4.98 Å². The van der Waals surface area contributed by atoms with E-state index in [0.717, 1.165) is 6.07 Å². The van der Waals surface area contributed by atoms with E-state index in [2.05, 4.69) is 4.98 Å². The maximum Gasteiger partial charge on any atom is 0.419 e. The Morgan fingerprint density at radius 2 is 1.93 bits per heavy atom. The zero-order valence-electron chi connectivity index (χ0n) is 7.12. The van der Waals surface area contributed by atoms with Gasteiger partial charge >= 0.3 is 6.18 Å². The molecule has 0 unspecified atom stereocenters. The molecular formula is C8H6Cl2F3N. The lowest BCUT2D eigenvalue weighted by atomic mass is 10.2. The molecule has 1 nitrogen and oxygen atoms in total. The van der Waals surface area contributed by atoms with Crippen LogP contribution in [0.25, 0.3) is 0 Å². The van der Waals surface area contributed by atoms with Crippen molar-refractivity contribution in [3.8, 4) is 0 Å². The van der Waals surface area contributed by atoms with Crippen molar-refractivity contribution in [3.05, 3.63) is 27.5 Å². The van der Waals surface area contributed by atoms with Crippen LogP contribution >= 0.6 is 23.2 Å². The van der Waals surface area contributed by atoms with Crippen molar-refractivity contribution in [2.75, 3.05) is 0 Å². The summed E-state index contributed by atoms with van der Waals surface area (Å²) >= 11 is 11.0. The van der Waals surface area contributed by atoms with Gasteiger partial charge in [-0.1, -0.05) is 30.1 Å². The molecule has 0 spiro atoms. The van der Waals surface area contributed by atoms with Gasteiger partial charge in [0.1, 0.15) is 5.15 Å². The average molecular weight is 244 g/mol. The number of hydrogen-bond donors (Lipinski definition) is 0. The van der Waals surface area contributed by atoms with Crippen LogP contribution in [0.15, 0.2) is 6.07 Å². The molecule has 0 aliphatic heterocycles. The fourth-order valence-electron chi connectivity index (χ4n) is 0.948. The molecule has 0 N–H and O–H groups in total. The van der Waals surface area contributed by atoms with Crippen molar-refractivity contribution in [2.24, 2.45) is 0 Å². The second-order valence-electron chi connectivity index (χ2n) is 2.61. The number of aryl methyl sites for hydroxylation is 1. The Morgan fingerprint density at radius 1 is 1.36 bits per heavy atom. The third kappa shape index (κ3) is 2.30. The summed E-state index contributed by atoms with van der Waals surface area (Å²) in [6.07, 6.45) is -4.07. The second-order valence-corrected chi connectivity index (χ2v) is 3.37. The van der Waals surface area contributed by atoms with Gasteiger partial charge in [-0.3, -0.25) is 0 Å². The van der Waals surface area contributed by atoms with Crippen LogP contribution in [0.4, 0.5) is 13.2 Å². The molecule has 1 aromatic rings. The highest BCUT2D eigenvalue weighted by atomic mass is 35.5. The van der Waals surface area contributed by atoms with E-state index in [-0.39, 0.29) is 5.02 Å². The van der Waals surface area contributed by atoms with Crippen LogP contribution in [-0.4, -0.2) is 4.98 Å². The summed E-state index contributed by atoms with van der Waals surface area (Å²) in [6.45, 7) is 1.73. The van der Waals surface area contributed by atoms with E-state index in [9.17, 15) is 13.2 Å². The van der Waals surface area contributed by atoms with Crippen molar-refractivity contribution >= 4 is 23.2 Å². The van der Waals surface area contributed by atoms with E-state index in [1.165, 1.54) is 0 Å². The number of aromatic nitrogens is 1. The van der Waals surface area contributed by atoms with Crippen molar-refractivity contribution in [3.63, 3.8) is 0 Å². The summed E-state index contributed by atoms with van der Waals surface area (Å²) in [6, 6.07) is 0.801. The summed E-state index contributed by atoms with van der Waals surface area (Å²) in [5.41, 5.74) is -0.633. The van der Waals surface area contributed by atoms with E-state index in [1.54, 1.807) is 6.92 Å². The minimum Gasteiger partial charge on any atom is -0.239 e. The Balaban J connectivity index is 3.29. The van der Waals surface area contributed by atoms with Crippen LogP contribution in [0, 0.1) is 0 Å². The van der Waals surface area contributed by atoms with Gasteiger partial charge in [0.05, 0.1) is 16.3 Å². The Labute approximate surface area is 88.8 Å². The molecule has 0 saturated heterocycles. The Hall–Kier alpha value is -0.480. The predicted octanol–water partition coefficient (Wildman–Crippen LogP) is 3.97. The van der Waals surface area contributed by atoms with Crippen LogP contribution < -0.4 is 0 Å². The Morgan fingerprint density at radius 3 is 2.36 bits per heavy atom. The van der Waals surface area contributed by atoms with Crippen molar-refractivity contribution < 1.29 is 13.2 Å². The van der Waals surface area contributed by atoms with E-state index in [1.807, 2.05) is 0 Å². The SMILES string of the molecule is CCc1nc(Cl)c(C(F)(F)F)cc1Cl. The molecule has 78 valence electrons. The largest absolute Gasteiger partial charge is 0.419 e. The predicted molar refractivity (Wildman–Crippen MR) is 48.6 cm³/mol. The molecule has 0 aromatic carbocycles. The van der Waals surface area contributed by atoms with Gasteiger partial charge in [0.15, 0.2) is 0 Å². The lowest BCUT2D eigenvalue weighted by molar-refractivity contribution is -0.137. The molecule has 0 aliphatic carbocycles. The fourth-order valence-corrected chi connectivity index (χ4v) is 1.50. The average Bonchev–Trinajstić information content (AvgIpc) is 2.06. The first kappa shape index (κ1) is 11.6. The lowest BCUT2D eigenvalue weighted by Gasteiger charge is -2.10. The first-order valence-electron chi connectivity index (χ1n) is 3.78. The summed E-state index contributed by atoms with van der Waals surface area (Å²) in [5, 5.41) is -0.567. The van der Waals surface area contributed by atoms with Gasteiger partial charge in [-0.15, -0.1) is 0 Å². The van der Waals surface area contributed by atoms with Gasteiger partial charge in [0, 0.05) is 0 Å². The van der Waals surface area contributed by atoms with Crippen LogP contribution in [0.3, 0.4) is 0 Å². The highest BCUT2D eigenvalue weighted by Crippen LogP contribution is 2.35. The molecule has 1 heterocycles. The van der Waals surface area contributed by atoms with E-state index in [4.69, 9.17) is 23.2 Å². The van der Waals surface area contributed by atoms with Crippen LogP contribution in [-0.2, 0) is 12.6 Å². The standard InChI is InChI=1S/C8H6Cl2F3N/c1-2-6-5(9)3-4(7(10)14-6)8(11,12)13/h3H,2H2,1H3. The molecule has 0 fully saturated rings. The monoisotopic (exact) mass is 243 g/mol. The third-order valence-electron chi connectivity index (χ3n) is 1.64. The van der Waals surface area contributed by atoms with Gasteiger partial charge in [-0.05, 0) is 12.5 Å². The first-order valence-corrected chi connectivity index (χ1v) is 4.54. The van der Waals surface area contributed by atoms with Gasteiger partial charge in [0.25, 0.3) is 0 Å². The van der Waals surface area contributed by atoms with Crippen molar-refractivity contribution in [2.45, 2.75) is 19.5 Å². The number of hydrogen-bond acceptors (Lipinski definition) is 1. The Kier molecular flexibility index (Phi) is 3.27. The van der Waals surface area contributed by atoms with Gasteiger partial charge in [-0.25, -0.2) is 4.98 Å². The van der Waals surface area contributed by atoms with E-state index >= 15 is 0 Å². The number of alkyl halides is 3. The molecule has 0 aliphatic rings. The summed E-state index contributed by atoms with van der Waals surface area (Å²) < 4.78 is 36.8. The molecule has 1 rings (SSSR count). The second kappa shape index (κ2) is 3.95. The van der Waals surface area contributed by atoms with Gasteiger partial charge in [0.2, 0.25) is 0 Å². The zero-order valence-corrected chi connectivity index (χ0v) is 8.63. The molecule has 6 heteroatoms. The highest BCUT2D eigenvalue weighted by Gasteiger charge is 2.34. The number of rotatable bonds is 1. The minimum absolute atomic E-state index is 0.00998. The molecule has 0 bridgehead atoms. The minimum atomic E-state index is -4.51. The van der Waals surface area contributed by atoms with Crippen LogP contribution in [0.2, 0.25) is 10.2 Å². The lowest BCUT2D eigenvalue weighted by Crippen LogP contribution is -2.08. The number of nitrogens with zero attached hydrogens (tertiary/aromatic N) is 1. The van der Waals surface area contributed by atoms with E-state index in [0.29, 0.717) is 12.1 Å². The summed E-state index contributed by atoms with van der Waals surface area (Å²) in [5.74, 6) is 0.